The second kappa shape index (κ2) is 8.02. The van der Waals surface area contributed by atoms with Crippen molar-refractivity contribution < 1.29 is 9.59 Å². The van der Waals surface area contributed by atoms with E-state index in [2.05, 4.69) is 15.3 Å². The zero-order valence-electron chi connectivity index (χ0n) is 16.6. The Hall–Kier alpha value is -3.00. The molecule has 0 bridgehead atoms. The van der Waals surface area contributed by atoms with Gasteiger partial charge in [0.15, 0.2) is 5.13 Å². The van der Waals surface area contributed by atoms with Gasteiger partial charge in [0.05, 0.1) is 18.6 Å². The molecule has 1 N–H and O–H groups in total. The number of benzene rings is 1. The minimum absolute atomic E-state index is 0.0308. The summed E-state index contributed by atoms with van der Waals surface area (Å²) in [5, 5.41) is 3.62. The van der Waals surface area contributed by atoms with Gasteiger partial charge in [0, 0.05) is 48.3 Å². The molecule has 0 spiro atoms. The summed E-state index contributed by atoms with van der Waals surface area (Å²) in [5.41, 5.74) is 2.82. The molecule has 1 aliphatic carbocycles. The van der Waals surface area contributed by atoms with E-state index >= 15 is 0 Å². The normalized spacial score (nSPS) is 16.1. The van der Waals surface area contributed by atoms with Crippen molar-refractivity contribution in [3.8, 4) is 0 Å². The zero-order chi connectivity index (χ0) is 20.5. The van der Waals surface area contributed by atoms with Gasteiger partial charge in [-0.25, -0.2) is 9.97 Å². The first-order valence-corrected chi connectivity index (χ1v) is 11.1. The standard InChI is InChI=1S/C22H23N5O2S/c28-20(16-2-1-3-16)25-22-24-18-8-10-27(13-19(18)30-22)21(29)17-6-4-15(5-7-17)12-26-11-9-23-14-26/h4-7,9,11,14,16H,1-3,8,10,12-13H2,(H,24,25,28). The number of thiazole rings is 1. The molecule has 0 saturated heterocycles. The van der Waals surface area contributed by atoms with Gasteiger partial charge in [0.25, 0.3) is 5.91 Å². The molecule has 3 aromatic rings. The first kappa shape index (κ1) is 19.0. The highest BCUT2D eigenvalue weighted by Gasteiger charge is 2.28. The molecule has 2 aliphatic rings. The lowest BCUT2D eigenvalue weighted by molar-refractivity contribution is -0.122. The molecular weight excluding hydrogens is 398 g/mol. The van der Waals surface area contributed by atoms with Crippen molar-refractivity contribution >= 4 is 28.3 Å². The average molecular weight is 422 g/mol. The van der Waals surface area contributed by atoms with Gasteiger partial charge in [0.1, 0.15) is 0 Å². The van der Waals surface area contributed by atoms with Crippen LogP contribution in [0.5, 0.6) is 0 Å². The molecule has 2 aromatic heterocycles. The first-order chi connectivity index (χ1) is 14.7. The zero-order valence-corrected chi connectivity index (χ0v) is 17.4. The molecule has 1 aromatic carbocycles. The highest BCUT2D eigenvalue weighted by atomic mass is 32.1. The van der Waals surface area contributed by atoms with E-state index in [-0.39, 0.29) is 17.7 Å². The summed E-state index contributed by atoms with van der Waals surface area (Å²) in [6.07, 6.45) is 9.25. The van der Waals surface area contributed by atoms with Crippen LogP contribution in [-0.2, 0) is 24.3 Å². The molecule has 8 heteroatoms. The molecule has 7 nitrogen and oxygen atoms in total. The van der Waals surface area contributed by atoms with Crippen LogP contribution in [-0.4, -0.2) is 37.8 Å². The minimum Gasteiger partial charge on any atom is -0.333 e. The largest absolute Gasteiger partial charge is 0.333 e. The van der Waals surface area contributed by atoms with Crippen LogP contribution in [0.15, 0.2) is 43.0 Å². The van der Waals surface area contributed by atoms with E-state index in [0.717, 1.165) is 48.4 Å². The van der Waals surface area contributed by atoms with Crippen LogP contribution in [0, 0.1) is 5.92 Å². The number of imidazole rings is 1. The van der Waals surface area contributed by atoms with Gasteiger partial charge < -0.3 is 14.8 Å². The van der Waals surface area contributed by atoms with Crippen molar-refractivity contribution in [2.45, 2.75) is 38.8 Å². The number of carbonyl (C=O) groups is 2. The van der Waals surface area contributed by atoms with Gasteiger partial charge in [-0.3, -0.25) is 9.59 Å². The average Bonchev–Trinajstić information content (AvgIpc) is 3.35. The van der Waals surface area contributed by atoms with E-state index in [1.54, 1.807) is 12.5 Å². The number of fused-ring (bicyclic) bond motifs is 1. The molecule has 30 heavy (non-hydrogen) atoms. The molecule has 0 unspecified atom stereocenters. The topological polar surface area (TPSA) is 80.1 Å². The molecule has 0 radical (unpaired) electrons. The molecule has 1 saturated carbocycles. The number of aromatic nitrogens is 3. The van der Waals surface area contributed by atoms with Crippen molar-refractivity contribution in [2.24, 2.45) is 5.92 Å². The summed E-state index contributed by atoms with van der Waals surface area (Å²) >= 11 is 1.49. The third kappa shape index (κ3) is 3.87. The Morgan fingerprint density at radius 2 is 2.03 bits per heavy atom. The van der Waals surface area contributed by atoms with E-state index in [1.165, 1.54) is 11.3 Å². The highest BCUT2D eigenvalue weighted by molar-refractivity contribution is 7.15. The summed E-state index contributed by atoms with van der Waals surface area (Å²) in [4.78, 5) is 36.7. The Kier molecular flexibility index (Phi) is 5.08. The smallest absolute Gasteiger partial charge is 0.254 e. The lowest BCUT2D eigenvalue weighted by atomic mass is 9.85. The minimum atomic E-state index is 0.0308. The van der Waals surface area contributed by atoms with Crippen molar-refractivity contribution in [1.82, 2.24) is 19.4 Å². The lowest BCUT2D eigenvalue weighted by Gasteiger charge is -2.26. The number of anilines is 1. The van der Waals surface area contributed by atoms with Crippen LogP contribution in [0.4, 0.5) is 5.13 Å². The van der Waals surface area contributed by atoms with E-state index in [0.29, 0.717) is 23.8 Å². The number of amides is 2. The fourth-order valence-electron chi connectivity index (χ4n) is 3.83. The van der Waals surface area contributed by atoms with Gasteiger partial charge in [-0.05, 0) is 30.5 Å². The fraction of sp³-hybridized carbons (Fsp3) is 0.364. The van der Waals surface area contributed by atoms with Crippen LogP contribution in [0.2, 0.25) is 0 Å². The maximum absolute atomic E-state index is 13.0. The van der Waals surface area contributed by atoms with Gasteiger partial charge in [-0.1, -0.05) is 29.9 Å². The van der Waals surface area contributed by atoms with E-state index < -0.39 is 0 Å². The van der Waals surface area contributed by atoms with Gasteiger partial charge in [0.2, 0.25) is 5.91 Å². The van der Waals surface area contributed by atoms with Crippen LogP contribution in [0.25, 0.3) is 0 Å². The lowest BCUT2D eigenvalue weighted by Crippen LogP contribution is -2.35. The monoisotopic (exact) mass is 421 g/mol. The van der Waals surface area contributed by atoms with Crippen LogP contribution >= 0.6 is 11.3 Å². The molecular formula is C22H23N5O2S. The Morgan fingerprint density at radius 3 is 2.73 bits per heavy atom. The van der Waals surface area contributed by atoms with Gasteiger partial charge >= 0.3 is 0 Å². The van der Waals surface area contributed by atoms with Crippen LogP contribution in [0.3, 0.4) is 0 Å². The number of hydrogen-bond acceptors (Lipinski definition) is 5. The molecule has 5 rings (SSSR count). The summed E-state index contributed by atoms with van der Waals surface area (Å²) in [5.74, 6) is 0.250. The molecule has 1 fully saturated rings. The van der Waals surface area contributed by atoms with Crippen molar-refractivity contribution in [3.63, 3.8) is 0 Å². The van der Waals surface area contributed by atoms with Crippen molar-refractivity contribution in [2.75, 3.05) is 11.9 Å². The summed E-state index contributed by atoms with van der Waals surface area (Å²) in [6, 6.07) is 7.76. The molecule has 154 valence electrons. The van der Waals surface area contributed by atoms with Crippen molar-refractivity contribution in [1.29, 1.82) is 0 Å². The van der Waals surface area contributed by atoms with Crippen LogP contribution < -0.4 is 5.32 Å². The van der Waals surface area contributed by atoms with Crippen LogP contribution in [0.1, 0.15) is 45.8 Å². The molecule has 0 atom stereocenters. The maximum atomic E-state index is 13.0. The number of nitrogens with one attached hydrogen (secondary N) is 1. The predicted molar refractivity (Wildman–Crippen MR) is 114 cm³/mol. The molecule has 3 heterocycles. The van der Waals surface area contributed by atoms with E-state index in [4.69, 9.17) is 0 Å². The number of nitrogens with zero attached hydrogens (tertiary/aromatic N) is 4. The Balaban J connectivity index is 1.23. The second-order valence-electron chi connectivity index (χ2n) is 7.91. The quantitative estimate of drug-likeness (QED) is 0.685. The Morgan fingerprint density at radius 1 is 1.20 bits per heavy atom. The summed E-state index contributed by atoms with van der Waals surface area (Å²) in [6.45, 7) is 1.92. The number of carbonyl (C=O) groups excluding carboxylic acids is 2. The summed E-state index contributed by atoms with van der Waals surface area (Å²) in [7, 11) is 0. The molecule has 2 amide bonds. The van der Waals surface area contributed by atoms with E-state index in [9.17, 15) is 9.59 Å². The Bertz CT molecular complexity index is 1050. The van der Waals surface area contributed by atoms with Crippen molar-refractivity contribution in [3.05, 3.63) is 64.7 Å². The Labute approximate surface area is 178 Å². The van der Waals surface area contributed by atoms with Gasteiger partial charge in [-0.15, -0.1) is 0 Å². The first-order valence-electron chi connectivity index (χ1n) is 10.3. The fourth-order valence-corrected chi connectivity index (χ4v) is 4.85. The number of rotatable bonds is 5. The second-order valence-corrected chi connectivity index (χ2v) is 9.00. The SMILES string of the molecule is O=C(Nc1nc2c(s1)CN(C(=O)c1ccc(Cn3ccnc3)cc1)CC2)C1CCC1. The highest BCUT2D eigenvalue weighted by Crippen LogP contribution is 2.31. The maximum Gasteiger partial charge on any atom is 0.254 e. The third-order valence-electron chi connectivity index (χ3n) is 5.85. The van der Waals surface area contributed by atoms with Gasteiger partial charge in [-0.2, -0.15) is 0 Å². The summed E-state index contributed by atoms with van der Waals surface area (Å²) < 4.78 is 1.99. The van der Waals surface area contributed by atoms with E-state index in [1.807, 2.05) is 39.9 Å². The predicted octanol–water partition coefficient (Wildman–Crippen LogP) is 3.33. The third-order valence-corrected chi connectivity index (χ3v) is 6.85. The number of hydrogen-bond donors (Lipinski definition) is 1. The molecule has 1 aliphatic heterocycles.